The van der Waals surface area contributed by atoms with Gasteiger partial charge in [-0.15, -0.1) is 0 Å². The Bertz CT molecular complexity index is 887. The van der Waals surface area contributed by atoms with Crippen LogP contribution in [0.1, 0.15) is 40.1 Å². The fourth-order valence-electron chi connectivity index (χ4n) is 3.08. The van der Waals surface area contributed by atoms with Gasteiger partial charge in [-0.1, -0.05) is 12.1 Å². The van der Waals surface area contributed by atoms with Gasteiger partial charge in [0.15, 0.2) is 11.9 Å². The van der Waals surface area contributed by atoms with E-state index in [0.29, 0.717) is 16.8 Å². The quantitative estimate of drug-likeness (QED) is 0.558. The number of anilines is 1. The van der Waals surface area contributed by atoms with E-state index >= 15 is 0 Å². The summed E-state index contributed by atoms with van der Waals surface area (Å²) in [5, 5.41) is 2.68. The second kappa shape index (κ2) is 10.1. The van der Waals surface area contributed by atoms with Crippen molar-refractivity contribution in [3.63, 3.8) is 0 Å². The fourth-order valence-corrected chi connectivity index (χ4v) is 3.08. The number of morpholine rings is 1. The van der Waals surface area contributed by atoms with Crippen LogP contribution in [-0.2, 0) is 20.8 Å². The van der Waals surface area contributed by atoms with Crippen LogP contribution < -0.4 is 5.32 Å². The summed E-state index contributed by atoms with van der Waals surface area (Å²) in [5.41, 5.74) is 2.59. The van der Waals surface area contributed by atoms with Gasteiger partial charge >= 0.3 is 5.97 Å². The summed E-state index contributed by atoms with van der Waals surface area (Å²) >= 11 is 0. The second-order valence-electron chi connectivity index (χ2n) is 7.26. The average molecular weight is 410 g/mol. The normalized spacial score (nSPS) is 15.3. The number of rotatable bonds is 7. The molecule has 3 rings (SSSR count). The first kappa shape index (κ1) is 21.7. The van der Waals surface area contributed by atoms with Crippen molar-refractivity contribution in [2.75, 3.05) is 31.6 Å². The highest BCUT2D eigenvalue weighted by molar-refractivity contribution is 5.98. The summed E-state index contributed by atoms with van der Waals surface area (Å²) in [6, 6.07) is 13.8. The molecule has 1 fully saturated rings. The molecule has 30 heavy (non-hydrogen) atoms. The van der Waals surface area contributed by atoms with Gasteiger partial charge in [0, 0.05) is 30.9 Å². The molecule has 0 aliphatic carbocycles. The molecule has 1 N–H and O–H groups in total. The smallest absolute Gasteiger partial charge is 0.338 e. The molecular formula is C23H26N2O5. The van der Waals surface area contributed by atoms with Crippen molar-refractivity contribution >= 4 is 23.3 Å². The lowest BCUT2D eigenvalue weighted by Gasteiger charge is -2.26. The summed E-state index contributed by atoms with van der Waals surface area (Å²) in [6.45, 7) is 7.08. The molecule has 7 nitrogen and oxygen atoms in total. The van der Waals surface area contributed by atoms with E-state index in [1.54, 1.807) is 36.4 Å². The largest absolute Gasteiger partial charge is 0.449 e. The standard InChI is InChI=1S/C23H26N2O5/c1-16(26)19-7-9-21(10-8-19)24-22(27)17(2)30-23(28)20-5-3-18(4-6-20)15-25-11-13-29-14-12-25/h3-10,17H,11-15H2,1-2H3,(H,24,27)/t17-/m1/s1. The first-order chi connectivity index (χ1) is 14.4. The Morgan fingerprint density at radius 2 is 1.60 bits per heavy atom. The SMILES string of the molecule is CC(=O)c1ccc(NC(=O)[C@@H](C)OC(=O)c2ccc(CN3CCOCC3)cc2)cc1. The van der Waals surface area contributed by atoms with Crippen molar-refractivity contribution in [1.82, 2.24) is 4.90 Å². The monoisotopic (exact) mass is 410 g/mol. The Hall–Kier alpha value is -3.03. The molecule has 0 saturated carbocycles. The molecule has 0 bridgehead atoms. The van der Waals surface area contributed by atoms with Gasteiger partial charge in [-0.05, 0) is 55.8 Å². The molecule has 158 valence electrons. The predicted octanol–water partition coefficient (Wildman–Crippen LogP) is 2.91. The van der Waals surface area contributed by atoms with Gasteiger partial charge in [0.05, 0.1) is 18.8 Å². The molecule has 1 saturated heterocycles. The van der Waals surface area contributed by atoms with Gasteiger partial charge in [0.2, 0.25) is 0 Å². The number of ketones is 1. The van der Waals surface area contributed by atoms with Crippen LogP contribution in [0.4, 0.5) is 5.69 Å². The third-order valence-electron chi connectivity index (χ3n) is 4.91. The number of carbonyl (C=O) groups is 3. The van der Waals surface area contributed by atoms with Gasteiger partial charge in [-0.2, -0.15) is 0 Å². The number of esters is 1. The minimum Gasteiger partial charge on any atom is -0.449 e. The molecule has 2 aromatic carbocycles. The van der Waals surface area contributed by atoms with Gasteiger partial charge < -0.3 is 14.8 Å². The number of nitrogens with zero attached hydrogens (tertiary/aromatic N) is 1. The highest BCUT2D eigenvalue weighted by atomic mass is 16.5. The van der Waals surface area contributed by atoms with E-state index in [-0.39, 0.29) is 5.78 Å². The van der Waals surface area contributed by atoms with E-state index in [2.05, 4.69) is 10.2 Å². The Balaban J connectivity index is 1.51. The number of nitrogens with one attached hydrogen (secondary N) is 1. The van der Waals surface area contributed by atoms with Crippen LogP contribution in [0.25, 0.3) is 0 Å². The molecule has 1 amide bonds. The number of ether oxygens (including phenoxy) is 2. The van der Waals surface area contributed by atoms with Crippen LogP contribution in [0.2, 0.25) is 0 Å². The first-order valence-electron chi connectivity index (χ1n) is 9.94. The van der Waals surface area contributed by atoms with Crippen molar-refractivity contribution in [2.45, 2.75) is 26.5 Å². The zero-order valence-corrected chi connectivity index (χ0v) is 17.2. The minimum atomic E-state index is -0.960. The third-order valence-corrected chi connectivity index (χ3v) is 4.91. The Labute approximate surface area is 176 Å². The van der Waals surface area contributed by atoms with Crippen molar-refractivity contribution in [2.24, 2.45) is 0 Å². The number of benzene rings is 2. The maximum atomic E-state index is 12.4. The van der Waals surface area contributed by atoms with Crippen molar-refractivity contribution in [3.05, 3.63) is 65.2 Å². The average Bonchev–Trinajstić information content (AvgIpc) is 2.75. The van der Waals surface area contributed by atoms with Crippen LogP contribution in [0.15, 0.2) is 48.5 Å². The van der Waals surface area contributed by atoms with Crippen LogP contribution in [0.5, 0.6) is 0 Å². The van der Waals surface area contributed by atoms with Crippen LogP contribution in [-0.4, -0.2) is 55.0 Å². The van der Waals surface area contributed by atoms with Crippen molar-refractivity contribution in [1.29, 1.82) is 0 Å². The minimum absolute atomic E-state index is 0.0499. The highest BCUT2D eigenvalue weighted by Crippen LogP contribution is 2.13. The maximum Gasteiger partial charge on any atom is 0.338 e. The van der Waals surface area contributed by atoms with E-state index in [9.17, 15) is 14.4 Å². The van der Waals surface area contributed by atoms with Crippen LogP contribution in [0.3, 0.4) is 0 Å². The summed E-state index contributed by atoms with van der Waals surface area (Å²) in [4.78, 5) is 38.3. The zero-order chi connectivity index (χ0) is 21.5. The van der Waals surface area contributed by atoms with Gasteiger partial charge in [0.1, 0.15) is 0 Å². The lowest BCUT2D eigenvalue weighted by molar-refractivity contribution is -0.123. The maximum absolute atomic E-state index is 12.4. The van der Waals surface area contributed by atoms with E-state index in [1.165, 1.54) is 13.8 Å². The number of carbonyl (C=O) groups excluding carboxylic acids is 3. The topological polar surface area (TPSA) is 84.9 Å². The Morgan fingerprint density at radius 3 is 2.20 bits per heavy atom. The van der Waals surface area contributed by atoms with Crippen molar-refractivity contribution < 1.29 is 23.9 Å². The molecule has 1 aliphatic rings. The molecular weight excluding hydrogens is 384 g/mol. The van der Waals surface area contributed by atoms with Gasteiger partial charge in [-0.3, -0.25) is 14.5 Å². The molecule has 0 radical (unpaired) electrons. The molecule has 0 aromatic heterocycles. The van der Waals surface area contributed by atoms with E-state index < -0.39 is 18.0 Å². The molecule has 2 aromatic rings. The Kier molecular flexibility index (Phi) is 7.32. The number of Topliss-reactive ketones (excluding diaryl/α,β-unsaturated/α-hetero) is 1. The fraction of sp³-hybridized carbons (Fsp3) is 0.348. The zero-order valence-electron chi connectivity index (χ0n) is 17.2. The van der Waals surface area contributed by atoms with Crippen LogP contribution >= 0.6 is 0 Å². The summed E-state index contributed by atoms with van der Waals surface area (Å²) in [6.07, 6.45) is -0.960. The lowest BCUT2D eigenvalue weighted by atomic mass is 10.1. The van der Waals surface area contributed by atoms with Gasteiger partial charge in [-0.25, -0.2) is 4.79 Å². The number of amides is 1. The highest BCUT2D eigenvalue weighted by Gasteiger charge is 2.19. The predicted molar refractivity (Wildman–Crippen MR) is 112 cm³/mol. The summed E-state index contributed by atoms with van der Waals surface area (Å²) in [5.74, 6) is -1.04. The number of hydrogen-bond donors (Lipinski definition) is 1. The Morgan fingerprint density at radius 1 is 1.00 bits per heavy atom. The first-order valence-corrected chi connectivity index (χ1v) is 9.94. The lowest BCUT2D eigenvalue weighted by Crippen LogP contribution is -2.35. The van der Waals surface area contributed by atoms with Crippen molar-refractivity contribution in [3.8, 4) is 0 Å². The summed E-state index contributed by atoms with van der Waals surface area (Å²) in [7, 11) is 0. The van der Waals surface area contributed by atoms with E-state index in [4.69, 9.17) is 9.47 Å². The third kappa shape index (κ3) is 5.98. The molecule has 1 aliphatic heterocycles. The molecule has 1 atom stereocenters. The molecule has 1 heterocycles. The second-order valence-corrected chi connectivity index (χ2v) is 7.26. The molecule has 0 spiro atoms. The molecule has 0 unspecified atom stereocenters. The van der Waals surface area contributed by atoms with Gasteiger partial charge in [0.25, 0.3) is 5.91 Å². The van der Waals surface area contributed by atoms with E-state index in [0.717, 1.165) is 38.4 Å². The van der Waals surface area contributed by atoms with Crippen LogP contribution in [0, 0.1) is 0 Å². The molecule has 7 heteroatoms. The number of hydrogen-bond acceptors (Lipinski definition) is 6. The van der Waals surface area contributed by atoms with E-state index in [1.807, 2.05) is 12.1 Å². The summed E-state index contributed by atoms with van der Waals surface area (Å²) < 4.78 is 10.6.